The molecule has 2 atom stereocenters. The van der Waals surface area contributed by atoms with E-state index in [1.165, 1.54) is 57.8 Å². The summed E-state index contributed by atoms with van der Waals surface area (Å²) in [6, 6.07) is 4.99. The van der Waals surface area contributed by atoms with E-state index in [-0.39, 0.29) is 6.61 Å². The molecular weight excluding hydrogens is 300 g/mol. The van der Waals surface area contributed by atoms with Crippen LogP contribution in [0.4, 0.5) is 0 Å². The summed E-state index contributed by atoms with van der Waals surface area (Å²) in [6.07, 6.45) is 13.3. The van der Waals surface area contributed by atoms with Crippen LogP contribution < -0.4 is 5.73 Å². The van der Waals surface area contributed by atoms with Gasteiger partial charge in [0.15, 0.2) is 0 Å². The molecule has 4 heteroatoms. The molecule has 0 aliphatic heterocycles. The Bertz CT molecular complexity index is 426. The number of hydrogen-bond donors (Lipinski definition) is 3. The predicted octanol–water partition coefficient (Wildman–Crippen LogP) is 3.90. The third-order valence-electron chi connectivity index (χ3n) is 4.53. The Hall–Kier alpha value is -0.970. The fourth-order valence-electron chi connectivity index (χ4n) is 2.91. The van der Waals surface area contributed by atoms with Gasteiger partial charge >= 0.3 is 0 Å². The van der Waals surface area contributed by atoms with Gasteiger partial charge in [-0.2, -0.15) is 0 Å². The standard InChI is InChI=1S/C20H36N2O2/c1-2-3-4-5-6-7-8-9-10-11-13-17-14-12-15-19(22-17)20(24)18(21)16-23/h12,14-15,18,20,23-24H,2-11,13,16,21H2,1H3/t18-,20?/m0/s1. The first-order chi connectivity index (χ1) is 11.7. The quantitative estimate of drug-likeness (QED) is 0.450. The van der Waals surface area contributed by atoms with E-state index in [4.69, 9.17) is 10.8 Å². The van der Waals surface area contributed by atoms with Crippen LogP contribution in [0.25, 0.3) is 0 Å². The Morgan fingerprint density at radius 2 is 1.54 bits per heavy atom. The van der Waals surface area contributed by atoms with Crippen molar-refractivity contribution in [3.8, 4) is 0 Å². The predicted molar refractivity (Wildman–Crippen MR) is 99.8 cm³/mol. The molecule has 0 spiro atoms. The number of rotatable bonds is 14. The topological polar surface area (TPSA) is 79.4 Å². The molecule has 0 aliphatic carbocycles. The van der Waals surface area contributed by atoms with Gasteiger partial charge in [0.25, 0.3) is 0 Å². The van der Waals surface area contributed by atoms with Crippen molar-refractivity contribution in [2.45, 2.75) is 89.7 Å². The van der Waals surface area contributed by atoms with E-state index in [1.54, 1.807) is 6.07 Å². The van der Waals surface area contributed by atoms with Crippen LogP contribution in [0.5, 0.6) is 0 Å². The van der Waals surface area contributed by atoms with Crippen LogP contribution in [0.3, 0.4) is 0 Å². The van der Waals surface area contributed by atoms with Crippen LogP contribution in [0.15, 0.2) is 18.2 Å². The van der Waals surface area contributed by atoms with Gasteiger partial charge in [-0.05, 0) is 25.0 Å². The molecule has 0 bridgehead atoms. The molecule has 1 heterocycles. The van der Waals surface area contributed by atoms with Crippen molar-refractivity contribution in [1.29, 1.82) is 0 Å². The highest BCUT2D eigenvalue weighted by Crippen LogP contribution is 2.15. The Balaban J connectivity index is 2.15. The van der Waals surface area contributed by atoms with E-state index in [2.05, 4.69) is 11.9 Å². The maximum absolute atomic E-state index is 10.0. The summed E-state index contributed by atoms with van der Waals surface area (Å²) < 4.78 is 0. The average molecular weight is 337 g/mol. The number of aryl methyl sites for hydroxylation is 1. The number of aliphatic hydroxyl groups is 2. The number of nitrogens with two attached hydrogens (primary N) is 1. The lowest BCUT2D eigenvalue weighted by molar-refractivity contribution is 0.106. The summed E-state index contributed by atoms with van der Waals surface area (Å²) in [5.41, 5.74) is 7.22. The summed E-state index contributed by atoms with van der Waals surface area (Å²) in [7, 11) is 0. The molecular formula is C20H36N2O2. The number of hydrogen-bond acceptors (Lipinski definition) is 4. The summed E-state index contributed by atoms with van der Waals surface area (Å²) in [5.74, 6) is 0. The number of nitrogens with zero attached hydrogens (tertiary/aromatic N) is 1. The second kappa shape index (κ2) is 13.3. The fraction of sp³-hybridized carbons (Fsp3) is 0.750. The maximum Gasteiger partial charge on any atom is 0.113 e. The lowest BCUT2D eigenvalue weighted by Gasteiger charge is -2.16. The molecule has 138 valence electrons. The van der Waals surface area contributed by atoms with Crippen molar-refractivity contribution in [2.24, 2.45) is 5.73 Å². The molecule has 1 aromatic heterocycles. The summed E-state index contributed by atoms with van der Waals surface area (Å²) in [6.45, 7) is 2.01. The van der Waals surface area contributed by atoms with Crippen LogP contribution in [0.2, 0.25) is 0 Å². The van der Waals surface area contributed by atoms with Crippen LogP contribution in [-0.4, -0.2) is 27.8 Å². The molecule has 0 saturated carbocycles. The van der Waals surface area contributed by atoms with Gasteiger partial charge in [-0.3, -0.25) is 4.98 Å². The first kappa shape index (κ1) is 21.1. The first-order valence-electron chi connectivity index (χ1n) is 9.69. The third kappa shape index (κ3) is 8.76. The lowest BCUT2D eigenvalue weighted by atomic mass is 10.0. The van der Waals surface area contributed by atoms with Crippen LogP contribution >= 0.6 is 0 Å². The zero-order valence-corrected chi connectivity index (χ0v) is 15.3. The van der Waals surface area contributed by atoms with Crippen LogP contribution in [-0.2, 0) is 6.42 Å². The lowest BCUT2D eigenvalue weighted by Crippen LogP contribution is -2.32. The van der Waals surface area contributed by atoms with Crippen molar-refractivity contribution < 1.29 is 10.2 Å². The van der Waals surface area contributed by atoms with Gasteiger partial charge in [0.05, 0.1) is 18.3 Å². The van der Waals surface area contributed by atoms with E-state index >= 15 is 0 Å². The second-order valence-electron chi connectivity index (χ2n) is 6.78. The van der Waals surface area contributed by atoms with E-state index in [1.807, 2.05) is 12.1 Å². The second-order valence-corrected chi connectivity index (χ2v) is 6.78. The number of aliphatic hydroxyl groups excluding tert-OH is 2. The SMILES string of the molecule is CCCCCCCCCCCCc1cccc(C(O)[C@@H](N)CO)n1. The molecule has 0 saturated heterocycles. The number of unbranched alkanes of at least 4 members (excludes halogenated alkanes) is 9. The average Bonchev–Trinajstić information content (AvgIpc) is 2.62. The summed E-state index contributed by atoms with van der Waals surface area (Å²) in [5, 5.41) is 19.0. The molecule has 0 aliphatic rings. The Morgan fingerprint density at radius 1 is 0.958 bits per heavy atom. The smallest absolute Gasteiger partial charge is 0.113 e. The fourth-order valence-corrected chi connectivity index (χ4v) is 2.91. The molecule has 0 radical (unpaired) electrons. The highest BCUT2D eigenvalue weighted by Gasteiger charge is 2.17. The Morgan fingerprint density at radius 3 is 2.12 bits per heavy atom. The molecule has 0 aromatic carbocycles. The van der Waals surface area contributed by atoms with Crippen molar-refractivity contribution in [2.75, 3.05) is 6.61 Å². The van der Waals surface area contributed by atoms with Crippen molar-refractivity contribution in [3.05, 3.63) is 29.6 Å². The maximum atomic E-state index is 10.0. The number of aromatic nitrogens is 1. The molecule has 0 amide bonds. The van der Waals surface area contributed by atoms with Crippen molar-refractivity contribution >= 4 is 0 Å². The van der Waals surface area contributed by atoms with Gasteiger partial charge in [0, 0.05) is 5.69 Å². The minimum atomic E-state index is -0.900. The Kier molecular flexibility index (Phi) is 11.7. The molecule has 1 aromatic rings. The minimum absolute atomic E-state index is 0.245. The summed E-state index contributed by atoms with van der Waals surface area (Å²) >= 11 is 0. The Labute approximate surface area is 147 Å². The highest BCUT2D eigenvalue weighted by molar-refractivity contribution is 5.14. The van der Waals surface area contributed by atoms with Gasteiger partial charge in [-0.25, -0.2) is 0 Å². The van der Waals surface area contributed by atoms with Crippen molar-refractivity contribution in [3.63, 3.8) is 0 Å². The largest absolute Gasteiger partial charge is 0.395 e. The highest BCUT2D eigenvalue weighted by atomic mass is 16.3. The minimum Gasteiger partial charge on any atom is -0.395 e. The van der Waals surface area contributed by atoms with E-state index < -0.39 is 12.1 Å². The molecule has 24 heavy (non-hydrogen) atoms. The summed E-state index contributed by atoms with van der Waals surface area (Å²) in [4.78, 5) is 4.48. The van der Waals surface area contributed by atoms with Crippen LogP contribution in [0, 0.1) is 0 Å². The molecule has 4 nitrogen and oxygen atoms in total. The third-order valence-corrected chi connectivity index (χ3v) is 4.53. The number of pyridine rings is 1. The van der Waals surface area contributed by atoms with Gasteiger partial charge in [0.2, 0.25) is 0 Å². The first-order valence-corrected chi connectivity index (χ1v) is 9.69. The molecule has 0 fully saturated rings. The van der Waals surface area contributed by atoms with E-state index in [0.29, 0.717) is 5.69 Å². The van der Waals surface area contributed by atoms with Gasteiger partial charge in [-0.15, -0.1) is 0 Å². The monoisotopic (exact) mass is 336 g/mol. The van der Waals surface area contributed by atoms with E-state index in [9.17, 15) is 5.11 Å². The zero-order chi connectivity index (χ0) is 17.6. The van der Waals surface area contributed by atoms with E-state index in [0.717, 1.165) is 18.5 Å². The van der Waals surface area contributed by atoms with Crippen LogP contribution in [0.1, 0.15) is 88.6 Å². The molecule has 4 N–H and O–H groups in total. The van der Waals surface area contributed by atoms with Gasteiger partial charge < -0.3 is 15.9 Å². The normalized spacial score (nSPS) is 13.8. The van der Waals surface area contributed by atoms with Gasteiger partial charge in [-0.1, -0.05) is 70.8 Å². The van der Waals surface area contributed by atoms with Gasteiger partial charge in [0.1, 0.15) is 6.10 Å². The zero-order valence-electron chi connectivity index (χ0n) is 15.3. The molecule has 1 unspecified atom stereocenters. The van der Waals surface area contributed by atoms with Crippen molar-refractivity contribution in [1.82, 2.24) is 4.98 Å². The molecule has 1 rings (SSSR count).